The van der Waals surface area contributed by atoms with E-state index < -0.39 is 17.1 Å². The molecule has 2 unspecified atom stereocenters. The summed E-state index contributed by atoms with van der Waals surface area (Å²) in [6.45, 7) is 0. The summed E-state index contributed by atoms with van der Waals surface area (Å²) in [5.41, 5.74) is -0.393. The Morgan fingerprint density at radius 1 is 1.40 bits per heavy atom. The summed E-state index contributed by atoms with van der Waals surface area (Å²) in [6, 6.07) is 6.82. The lowest BCUT2D eigenvalue weighted by molar-refractivity contribution is -0.386. The van der Waals surface area contributed by atoms with E-state index in [-0.39, 0.29) is 11.3 Å². The molecular weight excluding hydrogens is 200 g/mol. The number of aliphatic hydroxyl groups is 2. The van der Waals surface area contributed by atoms with Gasteiger partial charge in [0, 0.05) is 6.07 Å². The van der Waals surface area contributed by atoms with Gasteiger partial charge in [-0.1, -0.05) is 12.1 Å². The van der Waals surface area contributed by atoms with E-state index >= 15 is 0 Å². The van der Waals surface area contributed by atoms with Gasteiger partial charge in [-0.3, -0.25) is 10.1 Å². The molecule has 2 atom stereocenters. The standard InChI is InChI=1S/C9H8N2O4/c10-5-8(12)9(13)6-3-1-2-4-7(6)11(14)15/h1-4,8-9,12-13H. The van der Waals surface area contributed by atoms with Crippen molar-refractivity contribution < 1.29 is 15.1 Å². The zero-order valence-electron chi connectivity index (χ0n) is 7.57. The Labute approximate surface area is 85.2 Å². The van der Waals surface area contributed by atoms with Gasteiger partial charge in [-0.15, -0.1) is 0 Å². The fourth-order valence-electron chi connectivity index (χ4n) is 1.14. The Morgan fingerprint density at radius 2 is 2.00 bits per heavy atom. The minimum absolute atomic E-state index is 0.0726. The topological polar surface area (TPSA) is 107 Å². The molecule has 1 rings (SSSR count). The van der Waals surface area contributed by atoms with Gasteiger partial charge in [-0.25, -0.2) is 0 Å². The molecular formula is C9H8N2O4. The van der Waals surface area contributed by atoms with Crippen molar-refractivity contribution in [2.75, 3.05) is 0 Å². The Kier molecular flexibility index (Phi) is 3.33. The Morgan fingerprint density at radius 3 is 2.53 bits per heavy atom. The van der Waals surface area contributed by atoms with Crippen LogP contribution in [0.25, 0.3) is 0 Å². The van der Waals surface area contributed by atoms with E-state index in [4.69, 9.17) is 10.4 Å². The Balaban J connectivity index is 3.14. The first-order chi connectivity index (χ1) is 7.07. The molecule has 2 N–H and O–H groups in total. The average molecular weight is 208 g/mol. The second-order valence-electron chi connectivity index (χ2n) is 2.83. The third-order valence-electron chi connectivity index (χ3n) is 1.88. The normalized spacial score (nSPS) is 13.9. The van der Waals surface area contributed by atoms with Gasteiger partial charge in [0.1, 0.15) is 6.10 Å². The third-order valence-corrected chi connectivity index (χ3v) is 1.88. The second-order valence-corrected chi connectivity index (χ2v) is 2.83. The van der Waals surface area contributed by atoms with E-state index in [9.17, 15) is 15.2 Å². The molecule has 0 heterocycles. The highest BCUT2D eigenvalue weighted by Crippen LogP contribution is 2.26. The number of nitriles is 1. The van der Waals surface area contributed by atoms with Crippen LogP contribution in [0.4, 0.5) is 5.69 Å². The second kappa shape index (κ2) is 4.50. The fourth-order valence-corrected chi connectivity index (χ4v) is 1.14. The van der Waals surface area contributed by atoms with Crippen LogP contribution in [0.5, 0.6) is 0 Å². The Hall–Kier alpha value is -1.97. The summed E-state index contributed by atoms with van der Waals surface area (Å²) < 4.78 is 0. The van der Waals surface area contributed by atoms with Crippen molar-refractivity contribution in [1.29, 1.82) is 5.26 Å². The van der Waals surface area contributed by atoms with Gasteiger partial charge in [0.2, 0.25) is 0 Å². The average Bonchev–Trinajstić information content (AvgIpc) is 2.27. The molecule has 6 heteroatoms. The van der Waals surface area contributed by atoms with E-state index in [0.717, 1.165) is 0 Å². The van der Waals surface area contributed by atoms with Crippen LogP contribution in [-0.4, -0.2) is 21.2 Å². The summed E-state index contributed by atoms with van der Waals surface area (Å²) in [6.07, 6.45) is -3.25. The molecule has 0 spiro atoms. The molecule has 78 valence electrons. The molecule has 1 aromatic carbocycles. The summed E-state index contributed by atoms with van der Waals surface area (Å²) >= 11 is 0. The number of hydrogen-bond acceptors (Lipinski definition) is 5. The molecule has 1 aromatic rings. The molecule has 15 heavy (non-hydrogen) atoms. The quantitative estimate of drug-likeness (QED) is 0.427. The highest BCUT2D eigenvalue weighted by molar-refractivity contribution is 5.42. The van der Waals surface area contributed by atoms with Crippen LogP contribution < -0.4 is 0 Å². The number of nitro groups is 1. The van der Waals surface area contributed by atoms with Gasteiger partial charge >= 0.3 is 0 Å². The number of rotatable bonds is 3. The fraction of sp³-hybridized carbons (Fsp3) is 0.222. The van der Waals surface area contributed by atoms with Crippen LogP contribution in [0, 0.1) is 21.4 Å². The summed E-state index contributed by atoms with van der Waals surface area (Å²) in [5.74, 6) is 0. The van der Waals surface area contributed by atoms with Crippen LogP contribution in [0.3, 0.4) is 0 Å². The lowest BCUT2D eigenvalue weighted by atomic mass is 10.0. The summed E-state index contributed by atoms with van der Waals surface area (Å²) in [7, 11) is 0. The maximum Gasteiger partial charge on any atom is 0.275 e. The van der Waals surface area contributed by atoms with E-state index in [1.54, 1.807) is 0 Å². The monoisotopic (exact) mass is 208 g/mol. The summed E-state index contributed by atoms with van der Waals surface area (Å²) in [5, 5.41) is 37.4. The van der Waals surface area contributed by atoms with Crippen molar-refractivity contribution in [3.05, 3.63) is 39.9 Å². The molecule has 0 bridgehead atoms. The molecule has 0 aliphatic rings. The van der Waals surface area contributed by atoms with Crippen molar-refractivity contribution in [2.45, 2.75) is 12.2 Å². The molecule has 0 amide bonds. The lowest BCUT2D eigenvalue weighted by Gasteiger charge is -2.11. The highest BCUT2D eigenvalue weighted by Gasteiger charge is 2.25. The van der Waals surface area contributed by atoms with Crippen LogP contribution in [0.1, 0.15) is 11.7 Å². The molecule has 0 aliphatic heterocycles. The zero-order chi connectivity index (χ0) is 11.4. The van der Waals surface area contributed by atoms with E-state index in [1.165, 1.54) is 30.3 Å². The van der Waals surface area contributed by atoms with Gasteiger partial charge in [-0.2, -0.15) is 5.26 Å². The van der Waals surface area contributed by atoms with Crippen LogP contribution >= 0.6 is 0 Å². The summed E-state index contributed by atoms with van der Waals surface area (Å²) in [4.78, 5) is 9.89. The molecule has 0 radical (unpaired) electrons. The number of nitrogens with zero attached hydrogens (tertiary/aromatic N) is 2. The molecule has 0 fully saturated rings. The first-order valence-electron chi connectivity index (χ1n) is 4.07. The molecule has 0 saturated heterocycles. The predicted octanol–water partition coefficient (Wildman–Crippen LogP) is 0.513. The largest absolute Gasteiger partial charge is 0.384 e. The predicted molar refractivity (Wildman–Crippen MR) is 49.7 cm³/mol. The van der Waals surface area contributed by atoms with E-state index in [1.807, 2.05) is 0 Å². The third kappa shape index (κ3) is 2.28. The first-order valence-corrected chi connectivity index (χ1v) is 4.07. The first kappa shape index (κ1) is 11.1. The van der Waals surface area contributed by atoms with Crippen LogP contribution in [-0.2, 0) is 0 Å². The lowest BCUT2D eigenvalue weighted by Crippen LogP contribution is -2.16. The highest BCUT2D eigenvalue weighted by atomic mass is 16.6. The van der Waals surface area contributed by atoms with Gasteiger partial charge in [0.25, 0.3) is 5.69 Å². The molecule has 0 aromatic heterocycles. The maximum absolute atomic E-state index is 10.6. The molecule has 6 nitrogen and oxygen atoms in total. The van der Waals surface area contributed by atoms with E-state index in [2.05, 4.69) is 0 Å². The smallest absolute Gasteiger partial charge is 0.275 e. The van der Waals surface area contributed by atoms with Crippen molar-refractivity contribution in [1.82, 2.24) is 0 Å². The van der Waals surface area contributed by atoms with Crippen molar-refractivity contribution >= 4 is 5.69 Å². The van der Waals surface area contributed by atoms with E-state index in [0.29, 0.717) is 0 Å². The number of para-hydroxylation sites is 1. The number of nitro benzene ring substituents is 1. The molecule has 0 aliphatic carbocycles. The van der Waals surface area contributed by atoms with Crippen molar-refractivity contribution in [2.24, 2.45) is 0 Å². The number of hydrogen-bond donors (Lipinski definition) is 2. The number of benzene rings is 1. The van der Waals surface area contributed by atoms with Gasteiger partial charge in [-0.05, 0) is 6.07 Å². The van der Waals surface area contributed by atoms with Gasteiger partial charge in [0.15, 0.2) is 6.10 Å². The minimum atomic E-state index is -1.67. The zero-order valence-corrected chi connectivity index (χ0v) is 7.57. The molecule has 0 saturated carbocycles. The van der Waals surface area contributed by atoms with Crippen molar-refractivity contribution in [3.8, 4) is 6.07 Å². The SMILES string of the molecule is N#CC(O)C(O)c1ccccc1[N+](=O)[O-]. The minimum Gasteiger partial charge on any atom is -0.384 e. The Bertz CT molecular complexity index is 413. The van der Waals surface area contributed by atoms with Gasteiger partial charge < -0.3 is 10.2 Å². The maximum atomic E-state index is 10.6. The van der Waals surface area contributed by atoms with Gasteiger partial charge in [0.05, 0.1) is 16.6 Å². The van der Waals surface area contributed by atoms with Crippen LogP contribution in [0.2, 0.25) is 0 Å². The number of aliphatic hydroxyl groups excluding tert-OH is 2. The van der Waals surface area contributed by atoms with Crippen LogP contribution in [0.15, 0.2) is 24.3 Å². The van der Waals surface area contributed by atoms with Crippen molar-refractivity contribution in [3.63, 3.8) is 0 Å².